The highest BCUT2D eigenvalue weighted by Crippen LogP contribution is 2.51. The average Bonchev–Trinajstić information content (AvgIpc) is 3.83. The van der Waals surface area contributed by atoms with Gasteiger partial charge < -0.3 is 9.32 Å². The molecule has 58 heavy (non-hydrogen) atoms. The lowest BCUT2D eigenvalue weighted by atomic mass is 9.89. The normalized spacial score (nSPS) is 12.1. The van der Waals surface area contributed by atoms with Crippen LogP contribution in [-0.2, 0) is 0 Å². The summed E-state index contributed by atoms with van der Waals surface area (Å²) in [7, 11) is 0. The highest BCUT2D eigenvalue weighted by Gasteiger charge is 2.25. The van der Waals surface area contributed by atoms with Crippen molar-refractivity contribution < 1.29 is 4.42 Å². The predicted molar refractivity (Wildman–Crippen MR) is 251 cm³/mol. The zero-order chi connectivity index (χ0) is 38.5. The minimum Gasteiger partial charge on any atom is -0.454 e. The van der Waals surface area contributed by atoms with Gasteiger partial charge in [-0.15, -0.1) is 11.3 Å². The van der Waals surface area contributed by atoms with E-state index in [1.165, 1.54) is 80.0 Å². The van der Waals surface area contributed by atoms with E-state index in [0.29, 0.717) is 5.92 Å². The fourth-order valence-electron chi connectivity index (χ4n) is 9.39. The number of hydrogen-bond donors (Lipinski definition) is 0. The molecule has 2 nitrogen and oxygen atoms in total. The molecular formula is C55H37NOS. The molecule has 0 bridgehead atoms. The Morgan fingerprint density at radius 1 is 0.448 bits per heavy atom. The van der Waals surface area contributed by atoms with Crippen LogP contribution >= 0.6 is 11.3 Å². The molecule has 0 N–H and O–H groups in total. The van der Waals surface area contributed by atoms with Gasteiger partial charge in [-0.05, 0) is 97.4 Å². The first kappa shape index (κ1) is 33.2. The van der Waals surface area contributed by atoms with Crippen LogP contribution in [0.4, 0.5) is 17.1 Å². The summed E-state index contributed by atoms with van der Waals surface area (Å²) < 4.78 is 9.38. The van der Waals surface area contributed by atoms with Crippen molar-refractivity contribution in [1.82, 2.24) is 0 Å². The maximum Gasteiger partial charge on any atom is 0.159 e. The summed E-state index contributed by atoms with van der Waals surface area (Å²) in [6.07, 6.45) is 0. The molecule has 0 fully saturated rings. The van der Waals surface area contributed by atoms with Gasteiger partial charge in [0.1, 0.15) is 5.58 Å². The second-order valence-electron chi connectivity index (χ2n) is 15.8. The lowest BCUT2D eigenvalue weighted by molar-refractivity contribution is 0.669. The topological polar surface area (TPSA) is 16.4 Å². The Hall–Kier alpha value is -6.94. The van der Waals surface area contributed by atoms with E-state index in [0.717, 1.165) is 39.0 Å². The summed E-state index contributed by atoms with van der Waals surface area (Å²) in [4.78, 5) is 2.44. The van der Waals surface area contributed by atoms with Crippen molar-refractivity contribution in [1.29, 1.82) is 0 Å². The van der Waals surface area contributed by atoms with Crippen molar-refractivity contribution in [2.45, 2.75) is 19.8 Å². The molecule has 2 heterocycles. The molecule has 12 aromatic rings. The standard InChI is InChI=1S/C55H37NOS/c1-33(2)34-24-27-38(28-25-34)56(49-20-11-19-46-40-14-9-10-21-50(40)57-55(46)49)54-44-17-7-5-15-42(44)53(43-16-6-8-18-45(43)54)37-26-29-41-48-32-47-36(30-52(48)58-51(41)31-37)23-22-35-12-3-4-13-39(35)47/h3-33H,1-2H3. The Labute approximate surface area is 339 Å². The number of furan rings is 1. The smallest absolute Gasteiger partial charge is 0.159 e. The van der Waals surface area contributed by atoms with E-state index in [-0.39, 0.29) is 0 Å². The first-order valence-electron chi connectivity index (χ1n) is 20.1. The van der Waals surface area contributed by atoms with Crippen molar-refractivity contribution in [2.24, 2.45) is 0 Å². The molecule has 12 rings (SSSR count). The second kappa shape index (κ2) is 12.8. The van der Waals surface area contributed by atoms with E-state index < -0.39 is 0 Å². The van der Waals surface area contributed by atoms with Gasteiger partial charge >= 0.3 is 0 Å². The third-order valence-electron chi connectivity index (χ3n) is 12.2. The molecule has 274 valence electrons. The highest BCUT2D eigenvalue weighted by atomic mass is 32.1. The molecule has 10 aromatic carbocycles. The van der Waals surface area contributed by atoms with Crippen LogP contribution < -0.4 is 4.90 Å². The van der Waals surface area contributed by atoms with Crippen molar-refractivity contribution in [3.05, 3.63) is 188 Å². The molecular weight excluding hydrogens is 723 g/mol. The molecule has 0 spiro atoms. The molecule has 0 aliphatic rings. The largest absolute Gasteiger partial charge is 0.454 e. The zero-order valence-electron chi connectivity index (χ0n) is 32.2. The molecule has 3 heteroatoms. The summed E-state index contributed by atoms with van der Waals surface area (Å²) >= 11 is 1.89. The molecule has 2 aromatic heterocycles. The maximum atomic E-state index is 6.76. The number of thiophene rings is 1. The Morgan fingerprint density at radius 2 is 1.09 bits per heavy atom. The van der Waals surface area contributed by atoms with Crippen LogP contribution in [0.25, 0.3) is 96.3 Å². The minimum atomic E-state index is 0.430. The summed E-state index contributed by atoms with van der Waals surface area (Å²) in [5, 5.41) is 14.8. The summed E-state index contributed by atoms with van der Waals surface area (Å²) in [5.74, 6) is 0.430. The molecule has 0 aliphatic carbocycles. The Balaban J connectivity index is 1.12. The maximum absolute atomic E-state index is 6.76. The van der Waals surface area contributed by atoms with Gasteiger partial charge in [0, 0.05) is 47.4 Å². The Kier molecular flexibility index (Phi) is 7.33. The zero-order valence-corrected chi connectivity index (χ0v) is 33.0. The SMILES string of the molecule is CC(C)c1ccc(N(c2c3ccccc3c(-c3ccc4c(c3)sc3cc5ccc6ccccc6c5cc34)c3ccccc23)c2cccc3c2oc2ccccc23)cc1. The van der Waals surface area contributed by atoms with Crippen molar-refractivity contribution in [2.75, 3.05) is 4.90 Å². The van der Waals surface area contributed by atoms with Crippen molar-refractivity contribution >= 4 is 114 Å². The second-order valence-corrected chi connectivity index (χ2v) is 16.9. The van der Waals surface area contributed by atoms with Gasteiger partial charge in [0.15, 0.2) is 5.58 Å². The van der Waals surface area contributed by atoms with E-state index in [9.17, 15) is 0 Å². The first-order chi connectivity index (χ1) is 28.6. The first-order valence-corrected chi connectivity index (χ1v) is 20.9. The lowest BCUT2D eigenvalue weighted by Crippen LogP contribution is -2.12. The number of fused-ring (bicyclic) bond motifs is 11. The quantitative estimate of drug-likeness (QED) is 0.128. The number of rotatable bonds is 5. The number of benzene rings is 10. The van der Waals surface area contributed by atoms with Gasteiger partial charge in [-0.2, -0.15) is 0 Å². The van der Waals surface area contributed by atoms with Crippen LogP contribution in [0.15, 0.2) is 186 Å². The molecule has 0 aliphatic heterocycles. The predicted octanol–water partition coefficient (Wildman–Crippen LogP) is 16.8. The van der Waals surface area contributed by atoms with Crippen LogP contribution in [-0.4, -0.2) is 0 Å². The molecule has 0 unspecified atom stereocenters. The number of nitrogens with zero attached hydrogens (tertiary/aromatic N) is 1. The van der Waals surface area contributed by atoms with Gasteiger partial charge in [0.2, 0.25) is 0 Å². The average molecular weight is 760 g/mol. The van der Waals surface area contributed by atoms with Gasteiger partial charge in [-0.25, -0.2) is 0 Å². The number of para-hydroxylation sites is 2. The number of anilines is 3. The fraction of sp³-hybridized carbons (Fsp3) is 0.0545. The van der Waals surface area contributed by atoms with Gasteiger partial charge in [0.05, 0.1) is 11.4 Å². The summed E-state index contributed by atoms with van der Waals surface area (Å²) in [6.45, 7) is 4.50. The van der Waals surface area contributed by atoms with Crippen LogP contribution in [0.3, 0.4) is 0 Å². The monoisotopic (exact) mass is 759 g/mol. The van der Waals surface area contributed by atoms with Crippen LogP contribution in [0.5, 0.6) is 0 Å². The van der Waals surface area contributed by atoms with E-state index in [2.05, 4.69) is 195 Å². The van der Waals surface area contributed by atoms with E-state index in [1.807, 2.05) is 17.4 Å². The summed E-state index contributed by atoms with van der Waals surface area (Å²) in [6, 6.07) is 67.1. The van der Waals surface area contributed by atoms with Gasteiger partial charge in [0.25, 0.3) is 0 Å². The Morgan fingerprint density at radius 3 is 1.84 bits per heavy atom. The molecule has 0 saturated carbocycles. The van der Waals surface area contributed by atoms with Gasteiger partial charge in [-0.1, -0.05) is 153 Å². The van der Waals surface area contributed by atoms with Crippen LogP contribution in [0, 0.1) is 0 Å². The van der Waals surface area contributed by atoms with Crippen molar-refractivity contribution in [3.8, 4) is 11.1 Å². The highest BCUT2D eigenvalue weighted by molar-refractivity contribution is 7.26. The summed E-state index contributed by atoms with van der Waals surface area (Å²) in [5.41, 5.74) is 8.81. The van der Waals surface area contributed by atoms with E-state index >= 15 is 0 Å². The van der Waals surface area contributed by atoms with Crippen molar-refractivity contribution in [3.63, 3.8) is 0 Å². The van der Waals surface area contributed by atoms with Crippen LogP contribution in [0.2, 0.25) is 0 Å². The van der Waals surface area contributed by atoms with E-state index in [1.54, 1.807) is 0 Å². The van der Waals surface area contributed by atoms with Crippen LogP contribution in [0.1, 0.15) is 25.3 Å². The third kappa shape index (κ3) is 4.97. The Bertz CT molecular complexity index is 3550. The molecule has 0 radical (unpaired) electrons. The third-order valence-corrected chi connectivity index (χ3v) is 13.3. The minimum absolute atomic E-state index is 0.430. The lowest BCUT2D eigenvalue weighted by Gasteiger charge is -2.29. The molecule has 0 saturated heterocycles. The van der Waals surface area contributed by atoms with Gasteiger partial charge in [-0.3, -0.25) is 0 Å². The number of hydrogen-bond acceptors (Lipinski definition) is 3. The van der Waals surface area contributed by atoms with E-state index in [4.69, 9.17) is 4.42 Å². The molecule has 0 atom stereocenters. The molecule has 0 amide bonds. The fourth-order valence-corrected chi connectivity index (χ4v) is 10.6.